The molecular formula is C30H42F2N4O4S. The van der Waals surface area contributed by atoms with Gasteiger partial charge in [0.1, 0.15) is 11.6 Å². The topological polar surface area (TPSA) is 101 Å². The van der Waals surface area contributed by atoms with Crippen LogP contribution in [0.5, 0.6) is 0 Å². The second kappa shape index (κ2) is 14.6. The number of benzene rings is 1. The molecule has 4 rings (SSSR count). The Morgan fingerprint density at radius 1 is 1.17 bits per heavy atom. The number of sulfonamides is 1. The lowest BCUT2D eigenvalue weighted by Gasteiger charge is -2.35. The van der Waals surface area contributed by atoms with Crippen LogP contribution in [-0.4, -0.2) is 68.3 Å². The summed E-state index contributed by atoms with van der Waals surface area (Å²) in [6, 6.07) is 6.00. The first kappa shape index (κ1) is 31.5. The number of nitrogens with zero attached hydrogens (tertiary/aromatic N) is 2. The van der Waals surface area contributed by atoms with Crippen LogP contribution in [0.3, 0.4) is 0 Å². The van der Waals surface area contributed by atoms with Gasteiger partial charge in [-0.1, -0.05) is 19.1 Å². The van der Waals surface area contributed by atoms with Gasteiger partial charge in [-0.15, -0.1) is 0 Å². The number of anilines is 1. The van der Waals surface area contributed by atoms with E-state index >= 15 is 4.39 Å². The van der Waals surface area contributed by atoms with Gasteiger partial charge in [0.2, 0.25) is 15.9 Å². The maximum Gasteiger partial charge on any atom is 0.225 e. The molecule has 0 bridgehead atoms. The summed E-state index contributed by atoms with van der Waals surface area (Å²) < 4.78 is 61.4. The van der Waals surface area contributed by atoms with Crippen LogP contribution >= 0.6 is 0 Å². The Morgan fingerprint density at radius 3 is 2.59 bits per heavy atom. The molecule has 41 heavy (non-hydrogen) atoms. The number of carbonyl (C=O) groups is 1. The summed E-state index contributed by atoms with van der Waals surface area (Å²) in [4.78, 5) is 17.4. The highest BCUT2D eigenvalue weighted by Crippen LogP contribution is 2.39. The zero-order valence-electron chi connectivity index (χ0n) is 24.0. The van der Waals surface area contributed by atoms with Crippen molar-refractivity contribution < 1.29 is 26.7 Å². The van der Waals surface area contributed by atoms with Crippen LogP contribution in [0.25, 0.3) is 0 Å². The highest BCUT2D eigenvalue weighted by Gasteiger charge is 2.33. The normalized spacial score (nSPS) is 22.8. The number of pyridine rings is 1. The largest absolute Gasteiger partial charge is 0.381 e. The highest BCUT2D eigenvalue weighted by atomic mass is 32.2. The molecule has 2 atom stereocenters. The fourth-order valence-electron chi connectivity index (χ4n) is 6.26. The standard InChI is InChI=1S/C30H42F2N4O4S/c1-3-16-41(38,39)36-15-14-33-18-24(36)10-13-26-28(32)19-34-20-29(26)35-30(37)17-27(21-4-8-23(31)9-5-21)22-6-11-25(40-2)12-7-22/h4-5,8-9,19-20,22,24-25,27,33H,3,6-7,10-18H2,1-2H3,(H,35,37). The first-order valence-electron chi connectivity index (χ1n) is 14.6. The molecular weight excluding hydrogens is 550 g/mol. The van der Waals surface area contributed by atoms with Crippen LogP contribution in [0.4, 0.5) is 14.5 Å². The van der Waals surface area contributed by atoms with Crippen molar-refractivity contribution in [3.05, 3.63) is 59.4 Å². The van der Waals surface area contributed by atoms with Crippen molar-refractivity contribution in [2.45, 2.75) is 76.4 Å². The van der Waals surface area contributed by atoms with Gasteiger partial charge < -0.3 is 15.4 Å². The van der Waals surface area contributed by atoms with Crippen molar-refractivity contribution in [2.75, 3.05) is 37.8 Å². The number of rotatable bonds is 12. The summed E-state index contributed by atoms with van der Waals surface area (Å²) in [5.74, 6) is -0.946. The molecule has 2 heterocycles. The number of carbonyl (C=O) groups excluding carboxylic acids is 1. The van der Waals surface area contributed by atoms with E-state index in [1.807, 2.05) is 6.92 Å². The summed E-state index contributed by atoms with van der Waals surface area (Å²) in [5.41, 5.74) is 1.51. The third kappa shape index (κ3) is 8.30. The van der Waals surface area contributed by atoms with Crippen LogP contribution in [0, 0.1) is 17.6 Å². The van der Waals surface area contributed by atoms with E-state index in [0.29, 0.717) is 43.7 Å². The molecule has 2 N–H and O–H groups in total. The lowest BCUT2D eigenvalue weighted by molar-refractivity contribution is -0.117. The van der Waals surface area contributed by atoms with Crippen LogP contribution < -0.4 is 10.6 Å². The van der Waals surface area contributed by atoms with E-state index in [-0.39, 0.29) is 54.3 Å². The molecule has 1 saturated carbocycles. The van der Waals surface area contributed by atoms with Crippen LogP contribution in [0.15, 0.2) is 36.7 Å². The van der Waals surface area contributed by atoms with E-state index in [0.717, 1.165) is 37.4 Å². The van der Waals surface area contributed by atoms with E-state index in [1.165, 1.54) is 22.6 Å². The average molecular weight is 593 g/mol. The van der Waals surface area contributed by atoms with Crippen molar-refractivity contribution in [1.29, 1.82) is 0 Å². The first-order valence-corrected chi connectivity index (χ1v) is 16.2. The Bertz CT molecular complexity index is 1250. The number of halogens is 2. The monoisotopic (exact) mass is 592 g/mol. The van der Waals surface area contributed by atoms with Gasteiger partial charge in [0.25, 0.3) is 0 Å². The van der Waals surface area contributed by atoms with E-state index in [1.54, 1.807) is 19.2 Å². The van der Waals surface area contributed by atoms with Crippen molar-refractivity contribution in [1.82, 2.24) is 14.6 Å². The van der Waals surface area contributed by atoms with Crippen LogP contribution in [-0.2, 0) is 26.0 Å². The minimum Gasteiger partial charge on any atom is -0.381 e. The Kier molecular flexibility index (Phi) is 11.2. The average Bonchev–Trinajstić information content (AvgIpc) is 2.96. The minimum absolute atomic E-state index is 0.0801. The number of methoxy groups -OCH3 is 1. The van der Waals surface area contributed by atoms with Crippen molar-refractivity contribution >= 4 is 21.6 Å². The predicted octanol–water partition coefficient (Wildman–Crippen LogP) is 4.62. The molecule has 2 aromatic rings. The van der Waals surface area contributed by atoms with Gasteiger partial charge in [-0.3, -0.25) is 9.78 Å². The number of hydrogen-bond acceptors (Lipinski definition) is 6. The van der Waals surface area contributed by atoms with E-state index in [4.69, 9.17) is 4.74 Å². The van der Waals surface area contributed by atoms with Crippen molar-refractivity contribution in [3.8, 4) is 0 Å². The quantitative estimate of drug-likeness (QED) is 0.373. The zero-order valence-corrected chi connectivity index (χ0v) is 24.8. The molecule has 1 aromatic carbocycles. The van der Waals surface area contributed by atoms with Gasteiger partial charge in [0.15, 0.2) is 0 Å². The fraction of sp³-hybridized carbons (Fsp3) is 0.600. The Hall–Kier alpha value is -2.47. The lowest BCUT2D eigenvalue weighted by atomic mass is 9.74. The Morgan fingerprint density at radius 2 is 1.90 bits per heavy atom. The molecule has 2 aliphatic rings. The van der Waals surface area contributed by atoms with Gasteiger partial charge in [-0.25, -0.2) is 17.2 Å². The second-order valence-corrected chi connectivity index (χ2v) is 13.2. The number of ether oxygens (including phenoxy) is 1. The van der Waals surface area contributed by atoms with Crippen molar-refractivity contribution in [2.24, 2.45) is 5.92 Å². The fourth-order valence-corrected chi connectivity index (χ4v) is 8.01. The molecule has 1 amide bonds. The molecule has 1 saturated heterocycles. The SMILES string of the molecule is CCCS(=O)(=O)N1CCNCC1CCc1c(F)cncc1NC(=O)CC(c1ccc(F)cc1)C1CCC(OC)CC1. The summed E-state index contributed by atoms with van der Waals surface area (Å²) in [6.07, 6.45) is 7.71. The molecule has 0 spiro atoms. The highest BCUT2D eigenvalue weighted by molar-refractivity contribution is 7.89. The van der Waals surface area contributed by atoms with Crippen LogP contribution in [0.1, 0.15) is 68.9 Å². The van der Waals surface area contributed by atoms with Gasteiger partial charge in [0.05, 0.1) is 29.9 Å². The van der Waals surface area contributed by atoms with Gasteiger partial charge in [-0.2, -0.15) is 4.31 Å². The molecule has 11 heteroatoms. The molecule has 1 aromatic heterocycles. The third-order valence-electron chi connectivity index (χ3n) is 8.45. The minimum atomic E-state index is -3.40. The lowest BCUT2D eigenvalue weighted by Crippen LogP contribution is -2.54. The summed E-state index contributed by atoms with van der Waals surface area (Å²) >= 11 is 0. The predicted molar refractivity (Wildman–Crippen MR) is 155 cm³/mol. The summed E-state index contributed by atoms with van der Waals surface area (Å²) in [5, 5.41) is 6.13. The van der Waals surface area contributed by atoms with Gasteiger partial charge in [-0.05, 0) is 74.5 Å². The number of hydrogen-bond donors (Lipinski definition) is 2. The maximum atomic E-state index is 15.0. The van der Waals surface area contributed by atoms with Gasteiger partial charge >= 0.3 is 0 Å². The molecule has 1 aliphatic carbocycles. The molecule has 226 valence electrons. The maximum absolute atomic E-state index is 15.0. The summed E-state index contributed by atoms with van der Waals surface area (Å²) in [6.45, 7) is 3.28. The molecule has 8 nitrogen and oxygen atoms in total. The molecule has 1 aliphatic heterocycles. The second-order valence-electron chi connectivity index (χ2n) is 11.2. The third-order valence-corrected chi connectivity index (χ3v) is 10.6. The number of amides is 1. The number of aromatic nitrogens is 1. The Labute approximate surface area is 242 Å². The van der Waals surface area contributed by atoms with Crippen molar-refractivity contribution in [3.63, 3.8) is 0 Å². The van der Waals surface area contributed by atoms with Crippen LogP contribution in [0.2, 0.25) is 0 Å². The van der Waals surface area contributed by atoms with E-state index in [9.17, 15) is 17.6 Å². The first-order chi connectivity index (χ1) is 19.7. The Balaban J connectivity index is 1.47. The van der Waals surface area contributed by atoms with Gasteiger partial charge in [0, 0.05) is 44.8 Å². The zero-order chi connectivity index (χ0) is 29.4. The summed E-state index contributed by atoms with van der Waals surface area (Å²) in [7, 11) is -1.68. The molecule has 2 unspecified atom stereocenters. The van der Waals surface area contributed by atoms with E-state index in [2.05, 4.69) is 15.6 Å². The van der Waals surface area contributed by atoms with E-state index < -0.39 is 15.8 Å². The smallest absolute Gasteiger partial charge is 0.225 e. The molecule has 0 radical (unpaired) electrons. The molecule has 2 fully saturated rings. The number of piperazine rings is 1. The number of nitrogens with one attached hydrogen (secondary N) is 2.